The van der Waals surface area contributed by atoms with Gasteiger partial charge in [0.05, 0.1) is 6.04 Å². The summed E-state index contributed by atoms with van der Waals surface area (Å²) in [4.78, 5) is 14.8. The number of carbonyl (C=O) groups excluding carboxylic acids is 1. The molecule has 3 rings (SSSR count). The van der Waals surface area contributed by atoms with E-state index < -0.39 is 0 Å². The minimum absolute atomic E-state index is 0.0843. The highest BCUT2D eigenvalue weighted by Crippen LogP contribution is 2.35. The van der Waals surface area contributed by atoms with Crippen molar-refractivity contribution >= 4 is 5.91 Å². The number of likely N-dealkylation sites (tertiary alicyclic amines) is 1. The Morgan fingerprint density at radius 3 is 2.57 bits per heavy atom. The van der Waals surface area contributed by atoms with E-state index in [9.17, 15) is 9.18 Å². The Morgan fingerprint density at radius 1 is 1.14 bits per heavy atom. The van der Waals surface area contributed by atoms with E-state index in [1.807, 2.05) is 17.0 Å². The summed E-state index contributed by atoms with van der Waals surface area (Å²) in [6, 6.07) is 6.87. The maximum absolute atomic E-state index is 13.1. The number of nitrogens with zero attached hydrogens (tertiary/aromatic N) is 1. The fourth-order valence-electron chi connectivity index (χ4n) is 3.70. The summed E-state index contributed by atoms with van der Waals surface area (Å²) in [7, 11) is 0. The molecular formula is C17H23FN2O. The van der Waals surface area contributed by atoms with E-state index in [4.69, 9.17) is 5.73 Å². The average molecular weight is 290 g/mol. The number of halogens is 1. The van der Waals surface area contributed by atoms with Gasteiger partial charge in [-0.25, -0.2) is 4.39 Å². The van der Waals surface area contributed by atoms with E-state index in [1.165, 1.54) is 12.1 Å². The molecule has 114 valence electrons. The maximum atomic E-state index is 13.1. The Labute approximate surface area is 125 Å². The van der Waals surface area contributed by atoms with Gasteiger partial charge >= 0.3 is 0 Å². The van der Waals surface area contributed by atoms with E-state index in [0.717, 1.165) is 50.6 Å². The van der Waals surface area contributed by atoms with Crippen molar-refractivity contribution in [1.29, 1.82) is 0 Å². The first kappa shape index (κ1) is 14.5. The highest BCUT2D eigenvalue weighted by Gasteiger charge is 2.35. The molecule has 1 amide bonds. The second-order valence-electron chi connectivity index (χ2n) is 6.36. The van der Waals surface area contributed by atoms with Crippen molar-refractivity contribution in [3.63, 3.8) is 0 Å². The molecule has 0 aromatic heterocycles. The molecular weight excluding hydrogens is 267 g/mol. The van der Waals surface area contributed by atoms with E-state index in [2.05, 4.69) is 0 Å². The average Bonchev–Trinajstić information content (AvgIpc) is 2.94. The lowest BCUT2D eigenvalue weighted by atomic mass is 9.93. The van der Waals surface area contributed by atoms with Crippen molar-refractivity contribution in [3.05, 3.63) is 35.6 Å². The van der Waals surface area contributed by atoms with Crippen LogP contribution >= 0.6 is 0 Å². The molecule has 3 nitrogen and oxygen atoms in total. The first-order valence-electron chi connectivity index (χ1n) is 7.96. The number of carbonyl (C=O) groups is 1. The molecule has 1 aliphatic heterocycles. The van der Waals surface area contributed by atoms with Crippen LogP contribution in [-0.2, 0) is 4.79 Å². The quantitative estimate of drug-likeness (QED) is 0.910. The molecule has 1 saturated carbocycles. The molecule has 1 aromatic rings. The van der Waals surface area contributed by atoms with Crippen molar-refractivity contribution < 1.29 is 9.18 Å². The van der Waals surface area contributed by atoms with E-state index >= 15 is 0 Å². The zero-order valence-electron chi connectivity index (χ0n) is 12.3. The van der Waals surface area contributed by atoms with Gasteiger partial charge in [-0.15, -0.1) is 0 Å². The molecule has 4 heteroatoms. The van der Waals surface area contributed by atoms with Crippen molar-refractivity contribution in [2.75, 3.05) is 6.54 Å². The number of benzene rings is 1. The van der Waals surface area contributed by atoms with Crippen LogP contribution in [0.2, 0.25) is 0 Å². The molecule has 1 aromatic carbocycles. The van der Waals surface area contributed by atoms with Gasteiger partial charge in [-0.05, 0) is 56.2 Å². The summed E-state index contributed by atoms with van der Waals surface area (Å²) < 4.78 is 13.1. The van der Waals surface area contributed by atoms with Gasteiger partial charge in [0.2, 0.25) is 5.91 Å². The lowest BCUT2D eigenvalue weighted by Crippen LogP contribution is -2.41. The molecule has 0 bridgehead atoms. The Balaban J connectivity index is 1.78. The van der Waals surface area contributed by atoms with Crippen LogP contribution in [0.25, 0.3) is 0 Å². The van der Waals surface area contributed by atoms with Crippen LogP contribution in [-0.4, -0.2) is 23.4 Å². The van der Waals surface area contributed by atoms with Crippen molar-refractivity contribution in [2.45, 2.75) is 50.6 Å². The van der Waals surface area contributed by atoms with Gasteiger partial charge in [0.1, 0.15) is 5.82 Å². The molecule has 3 atom stereocenters. The second-order valence-corrected chi connectivity index (χ2v) is 6.36. The Kier molecular flexibility index (Phi) is 4.24. The summed E-state index contributed by atoms with van der Waals surface area (Å²) in [6.45, 7) is 0.812. The standard InChI is InChI=1S/C17H23FN2O/c18-14-7-4-12(5-8-14)16-3-1-2-10-20(16)17(21)13-6-9-15(19)11-13/h4-5,7-8,13,15-16H,1-3,6,9-11,19H2. The number of rotatable bonds is 2. The van der Waals surface area contributed by atoms with E-state index in [0.29, 0.717) is 0 Å². The third-order valence-electron chi connectivity index (χ3n) is 4.86. The van der Waals surface area contributed by atoms with Crippen molar-refractivity contribution in [3.8, 4) is 0 Å². The molecule has 1 aliphatic carbocycles. The highest BCUT2D eigenvalue weighted by molar-refractivity contribution is 5.79. The predicted molar refractivity (Wildman–Crippen MR) is 80.0 cm³/mol. The predicted octanol–water partition coefficient (Wildman–Crippen LogP) is 3.01. The van der Waals surface area contributed by atoms with Crippen LogP contribution < -0.4 is 5.73 Å². The summed E-state index contributed by atoms with van der Waals surface area (Å²) in [5.74, 6) is 0.104. The van der Waals surface area contributed by atoms with Crippen molar-refractivity contribution in [1.82, 2.24) is 4.90 Å². The Bertz CT molecular complexity index is 502. The zero-order chi connectivity index (χ0) is 14.8. The molecule has 0 radical (unpaired) electrons. The summed E-state index contributed by atoms with van der Waals surface area (Å²) in [5, 5.41) is 0. The molecule has 2 fully saturated rings. The first-order valence-corrected chi connectivity index (χ1v) is 7.96. The molecule has 1 heterocycles. The fourth-order valence-corrected chi connectivity index (χ4v) is 3.70. The Morgan fingerprint density at radius 2 is 1.90 bits per heavy atom. The molecule has 2 N–H and O–H groups in total. The monoisotopic (exact) mass is 290 g/mol. The Hall–Kier alpha value is -1.42. The maximum Gasteiger partial charge on any atom is 0.226 e. The topological polar surface area (TPSA) is 46.3 Å². The molecule has 21 heavy (non-hydrogen) atoms. The van der Waals surface area contributed by atoms with E-state index in [-0.39, 0.29) is 29.7 Å². The zero-order valence-corrected chi connectivity index (χ0v) is 12.3. The van der Waals surface area contributed by atoms with Gasteiger partial charge < -0.3 is 10.6 Å². The van der Waals surface area contributed by atoms with Crippen LogP contribution in [0.3, 0.4) is 0 Å². The van der Waals surface area contributed by atoms with Crippen LogP contribution in [0, 0.1) is 11.7 Å². The second kappa shape index (κ2) is 6.14. The fraction of sp³-hybridized carbons (Fsp3) is 0.588. The van der Waals surface area contributed by atoms with Crippen LogP contribution in [0.1, 0.15) is 50.1 Å². The largest absolute Gasteiger partial charge is 0.335 e. The minimum Gasteiger partial charge on any atom is -0.335 e. The molecule has 0 spiro atoms. The van der Waals surface area contributed by atoms with Gasteiger partial charge in [-0.3, -0.25) is 4.79 Å². The number of hydrogen-bond donors (Lipinski definition) is 1. The SMILES string of the molecule is NC1CCC(C(=O)N2CCCCC2c2ccc(F)cc2)C1. The van der Waals surface area contributed by atoms with Crippen LogP contribution in [0.4, 0.5) is 4.39 Å². The first-order chi connectivity index (χ1) is 10.1. The van der Waals surface area contributed by atoms with Crippen molar-refractivity contribution in [2.24, 2.45) is 11.7 Å². The summed E-state index contributed by atoms with van der Waals surface area (Å²) >= 11 is 0. The van der Waals surface area contributed by atoms with Gasteiger partial charge in [-0.2, -0.15) is 0 Å². The van der Waals surface area contributed by atoms with Gasteiger partial charge in [0.15, 0.2) is 0 Å². The van der Waals surface area contributed by atoms with Crippen LogP contribution in [0.15, 0.2) is 24.3 Å². The number of piperidine rings is 1. The van der Waals surface area contributed by atoms with E-state index in [1.54, 1.807) is 0 Å². The third kappa shape index (κ3) is 3.10. The summed E-state index contributed by atoms with van der Waals surface area (Å²) in [6.07, 6.45) is 5.82. The highest BCUT2D eigenvalue weighted by atomic mass is 19.1. The van der Waals surface area contributed by atoms with Gasteiger partial charge in [0, 0.05) is 18.5 Å². The lowest BCUT2D eigenvalue weighted by molar-refractivity contribution is -0.139. The van der Waals surface area contributed by atoms with Gasteiger partial charge in [-0.1, -0.05) is 12.1 Å². The third-order valence-corrected chi connectivity index (χ3v) is 4.86. The minimum atomic E-state index is -0.228. The number of amides is 1. The summed E-state index contributed by atoms with van der Waals surface area (Å²) in [5.41, 5.74) is 6.99. The lowest BCUT2D eigenvalue weighted by Gasteiger charge is -2.37. The molecule has 2 aliphatic rings. The smallest absolute Gasteiger partial charge is 0.226 e. The van der Waals surface area contributed by atoms with Crippen LogP contribution in [0.5, 0.6) is 0 Å². The molecule has 3 unspecified atom stereocenters. The normalized spacial score (nSPS) is 29.6. The number of nitrogens with two attached hydrogens (primary N) is 1. The van der Waals surface area contributed by atoms with Gasteiger partial charge in [0.25, 0.3) is 0 Å². The number of hydrogen-bond acceptors (Lipinski definition) is 2. The molecule has 1 saturated heterocycles.